The molecule has 0 aromatic heterocycles. The molecule has 4 aliphatic heterocycles. The standard InChI is InChI=1S/C60H84N4O8/c1-17-33-37-21-42(54-45(49(37)65)25-61(30-70-54)57(5,6)7)35(19-3)39-23-44(56-47(51(39)67)27-63(32-72-56)59(11,12)13)36(20-4)40-24-43(55-48(52(40)68)28-64(31-71-55)60(14,15)16)34(18-2)38-22-41(33)53-46(50(38)66)26-62(29-69-53)58(8,9)10/h21-24,33-36,65-68H,17-20,25-32H2,1-16H3. The summed E-state index contributed by atoms with van der Waals surface area (Å²) < 4.78 is 27.5. The molecule has 9 rings (SSSR count). The largest absolute Gasteiger partial charge is 0.507 e. The summed E-state index contributed by atoms with van der Waals surface area (Å²) in [5.41, 5.74) is 8.47. The average Bonchev–Trinajstić information content (AvgIpc) is 3.32. The van der Waals surface area contributed by atoms with Gasteiger partial charge in [0.2, 0.25) is 0 Å². The third kappa shape index (κ3) is 8.73. The maximum Gasteiger partial charge on any atom is 0.142 e. The minimum atomic E-state index is -0.372. The third-order valence-electron chi connectivity index (χ3n) is 16.9. The Hall–Kier alpha value is -4.88. The Balaban J connectivity index is 1.44. The fourth-order valence-corrected chi connectivity index (χ4v) is 12.1. The van der Waals surface area contributed by atoms with E-state index < -0.39 is 0 Å². The van der Waals surface area contributed by atoms with Crippen LogP contribution in [-0.4, -0.2) is 89.1 Å². The first kappa shape index (κ1) is 52.0. The number of phenols is 4. The van der Waals surface area contributed by atoms with E-state index in [1.54, 1.807) is 0 Å². The second-order valence-electron chi connectivity index (χ2n) is 25.3. The van der Waals surface area contributed by atoms with Crippen LogP contribution in [0.3, 0.4) is 0 Å². The van der Waals surface area contributed by atoms with E-state index in [1.165, 1.54) is 0 Å². The number of benzene rings is 4. The Labute approximate surface area is 429 Å². The first-order chi connectivity index (χ1) is 33.7. The number of aromatic hydroxyl groups is 4. The summed E-state index contributed by atoms with van der Waals surface area (Å²) in [4.78, 5) is 8.98. The number of hydrogen-bond acceptors (Lipinski definition) is 12. The average molecular weight is 989 g/mol. The van der Waals surface area contributed by atoms with Crippen LogP contribution in [0.15, 0.2) is 24.3 Å². The molecule has 8 bridgehead atoms. The molecule has 0 saturated heterocycles. The maximum atomic E-state index is 13.0. The predicted octanol–water partition coefficient (Wildman–Crippen LogP) is 12.8. The molecule has 4 unspecified atom stereocenters. The van der Waals surface area contributed by atoms with Crippen molar-refractivity contribution < 1.29 is 39.4 Å². The number of fused-ring (bicyclic) bond motifs is 16. The number of phenolic OH excluding ortho intramolecular Hbond substituents is 4. The molecule has 4 heterocycles. The van der Waals surface area contributed by atoms with Gasteiger partial charge in [-0.3, -0.25) is 19.6 Å². The molecular weight excluding hydrogens is 905 g/mol. The van der Waals surface area contributed by atoms with Gasteiger partial charge in [-0.2, -0.15) is 0 Å². The van der Waals surface area contributed by atoms with E-state index in [9.17, 15) is 20.4 Å². The van der Waals surface area contributed by atoms with E-state index in [-0.39, 0.29) is 68.8 Å². The smallest absolute Gasteiger partial charge is 0.142 e. The molecule has 1 aliphatic carbocycles. The van der Waals surface area contributed by atoms with Crippen LogP contribution in [0.4, 0.5) is 0 Å². The molecule has 0 radical (unpaired) electrons. The zero-order valence-electron chi connectivity index (χ0n) is 46.3. The lowest BCUT2D eigenvalue weighted by atomic mass is 9.75. The highest BCUT2D eigenvalue weighted by molar-refractivity contribution is 5.69. The van der Waals surface area contributed by atoms with Gasteiger partial charge >= 0.3 is 0 Å². The normalized spacial score (nSPS) is 22.1. The van der Waals surface area contributed by atoms with E-state index >= 15 is 0 Å². The van der Waals surface area contributed by atoms with Gasteiger partial charge in [0.05, 0.1) is 22.3 Å². The van der Waals surface area contributed by atoms with Gasteiger partial charge in [0.25, 0.3) is 0 Å². The Kier molecular flexibility index (Phi) is 13.4. The van der Waals surface area contributed by atoms with Crippen LogP contribution in [0, 0.1) is 0 Å². The van der Waals surface area contributed by atoms with Crippen LogP contribution in [0.25, 0.3) is 0 Å². The van der Waals surface area contributed by atoms with Crippen molar-refractivity contribution in [2.75, 3.05) is 26.9 Å². The van der Waals surface area contributed by atoms with E-state index in [2.05, 4.69) is 155 Å². The zero-order chi connectivity index (χ0) is 52.3. The molecule has 0 spiro atoms. The SMILES string of the molecule is CCC1c2cc(c3c(c2O)CN(C(C)(C)C)CO3)C(CC)c2cc(c3c(c2O)CN(C(C)(C)C)CO3)C(CC)c2cc(c3c(c2O)CN(C(C)(C)C)CO3)C(CC)c2cc1c1c(c2O)CN(C(C)(C)C)CO1. The summed E-state index contributed by atoms with van der Waals surface area (Å²) in [5, 5.41) is 52.0. The van der Waals surface area contributed by atoms with E-state index in [1.807, 2.05) is 0 Å². The fourth-order valence-electron chi connectivity index (χ4n) is 12.1. The summed E-state index contributed by atoms with van der Waals surface area (Å²) in [6, 6.07) is 8.57. The molecule has 12 nitrogen and oxygen atoms in total. The minimum absolute atomic E-state index is 0.192. The summed E-state index contributed by atoms with van der Waals surface area (Å²) in [6.45, 7) is 37.8. The lowest BCUT2D eigenvalue weighted by Gasteiger charge is -2.42. The van der Waals surface area contributed by atoms with E-state index in [0.29, 0.717) is 102 Å². The van der Waals surface area contributed by atoms with E-state index in [4.69, 9.17) is 18.9 Å². The Bertz CT molecular complexity index is 2380. The van der Waals surface area contributed by atoms with Crippen molar-refractivity contribution in [3.8, 4) is 46.0 Å². The second-order valence-corrected chi connectivity index (χ2v) is 25.3. The number of ether oxygens (including phenoxy) is 4. The fraction of sp³-hybridized carbons (Fsp3) is 0.600. The number of hydrogen-bond donors (Lipinski definition) is 4. The Morgan fingerprint density at radius 2 is 0.528 bits per heavy atom. The van der Waals surface area contributed by atoms with Crippen molar-refractivity contribution >= 4 is 0 Å². The summed E-state index contributed by atoms with van der Waals surface area (Å²) in [6.07, 6.45) is 2.46. The molecule has 4 N–H and O–H groups in total. The number of nitrogens with zero attached hydrogens (tertiary/aromatic N) is 4. The van der Waals surface area contributed by atoms with Crippen molar-refractivity contribution in [2.24, 2.45) is 0 Å². The van der Waals surface area contributed by atoms with Gasteiger partial charge in [-0.05, 0) is 133 Å². The van der Waals surface area contributed by atoms with Crippen LogP contribution >= 0.6 is 0 Å². The first-order valence-corrected chi connectivity index (χ1v) is 26.8. The third-order valence-corrected chi connectivity index (χ3v) is 16.9. The molecular formula is C60H84N4O8. The highest BCUT2D eigenvalue weighted by Gasteiger charge is 2.43. The van der Waals surface area contributed by atoms with Crippen molar-refractivity contribution in [3.05, 3.63) is 91.0 Å². The molecule has 4 atom stereocenters. The zero-order valence-corrected chi connectivity index (χ0v) is 46.3. The molecule has 12 heteroatoms. The first-order valence-electron chi connectivity index (χ1n) is 26.8. The van der Waals surface area contributed by atoms with Gasteiger partial charge in [-0.25, -0.2) is 0 Å². The molecule has 72 heavy (non-hydrogen) atoms. The van der Waals surface area contributed by atoms with Crippen LogP contribution in [0.2, 0.25) is 0 Å². The molecule has 0 fully saturated rings. The summed E-state index contributed by atoms with van der Waals surface area (Å²) in [5.74, 6) is 1.87. The van der Waals surface area contributed by atoms with E-state index in [0.717, 1.165) is 66.8 Å². The molecule has 0 saturated carbocycles. The highest BCUT2D eigenvalue weighted by atomic mass is 16.5. The van der Waals surface area contributed by atoms with Crippen molar-refractivity contribution in [3.63, 3.8) is 0 Å². The van der Waals surface area contributed by atoms with Crippen molar-refractivity contribution in [2.45, 2.75) is 208 Å². The number of rotatable bonds is 4. The maximum absolute atomic E-state index is 13.0. The summed E-state index contributed by atoms with van der Waals surface area (Å²) in [7, 11) is 0. The van der Waals surface area contributed by atoms with Crippen LogP contribution in [0.1, 0.15) is 227 Å². The molecule has 5 aliphatic rings. The van der Waals surface area contributed by atoms with Gasteiger partial charge in [-0.15, -0.1) is 0 Å². The highest BCUT2D eigenvalue weighted by Crippen LogP contribution is 2.58. The Morgan fingerprint density at radius 3 is 0.681 bits per heavy atom. The predicted molar refractivity (Wildman–Crippen MR) is 284 cm³/mol. The lowest BCUT2D eigenvalue weighted by molar-refractivity contribution is 0.0196. The van der Waals surface area contributed by atoms with Gasteiger partial charge in [0, 0.05) is 117 Å². The van der Waals surface area contributed by atoms with Gasteiger partial charge in [-0.1, -0.05) is 27.7 Å². The van der Waals surface area contributed by atoms with Gasteiger partial charge < -0.3 is 39.4 Å². The van der Waals surface area contributed by atoms with Crippen LogP contribution in [0.5, 0.6) is 46.0 Å². The molecule has 4 aromatic carbocycles. The lowest BCUT2D eigenvalue weighted by Crippen LogP contribution is -2.45. The Morgan fingerprint density at radius 1 is 0.347 bits per heavy atom. The summed E-state index contributed by atoms with van der Waals surface area (Å²) >= 11 is 0. The van der Waals surface area contributed by atoms with Crippen molar-refractivity contribution in [1.82, 2.24) is 19.6 Å². The van der Waals surface area contributed by atoms with Gasteiger partial charge in [0.1, 0.15) is 72.9 Å². The van der Waals surface area contributed by atoms with Crippen LogP contribution in [-0.2, 0) is 26.2 Å². The topological polar surface area (TPSA) is 131 Å². The molecule has 0 amide bonds. The second kappa shape index (κ2) is 18.5. The quantitative estimate of drug-likeness (QED) is 0.155. The molecule has 4 aromatic rings. The monoisotopic (exact) mass is 989 g/mol. The minimum Gasteiger partial charge on any atom is -0.507 e. The molecule has 392 valence electrons. The van der Waals surface area contributed by atoms with Crippen molar-refractivity contribution in [1.29, 1.82) is 0 Å². The van der Waals surface area contributed by atoms with Gasteiger partial charge in [0.15, 0.2) is 0 Å². The van der Waals surface area contributed by atoms with Crippen LogP contribution < -0.4 is 18.9 Å².